The Morgan fingerprint density at radius 3 is 2.59 bits per heavy atom. The van der Waals surface area contributed by atoms with E-state index in [2.05, 4.69) is 20.1 Å². The largest absolute Gasteiger partial charge is 0.356 e. The average molecular weight is 467 g/mol. The molecular weight excluding hydrogens is 431 g/mol. The Morgan fingerprint density at radius 2 is 1.76 bits per heavy atom. The number of rotatable bonds is 5. The first-order chi connectivity index (χ1) is 16.7. The van der Waals surface area contributed by atoms with Gasteiger partial charge in [0.05, 0.1) is 5.56 Å². The molecule has 2 unspecified atom stereocenters. The number of halogens is 1. The van der Waals surface area contributed by atoms with E-state index in [1.165, 1.54) is 31.7 Å². The Hall–Kier alpha value is -2.74. The van der Waals surface area contributed by atoms with E-state index in [1.54, 1.807) is 18.2 Å². The molecule has 0 spiro atoms. The van der Waals surface area contributed by atoms with Gasteiger partial charge < -0.3 is 15.1 Å². The number of benzene rings is 1. The molecule has 0 saturated carbocycles. The molecule has 1 aromatic carbocycles. The zero-order valence-corrected chi connectivity index (χ0v) is 19.8. The molecule has 3 saturated heterocycles. The van der Waals surface area contributed by atoms with Gasteiger partial charge in [0, 0.05) is 57.5 Å². The highest BCUT2D eigenvalue weighted by Crippen LogP contribution is 2.24. The van der Waals surface area contributed by atoms with Crippen LogP contribution in [0.4, 0.5) is 16.2 Å². The van der Waals surface area contributed by atoms with Crippen LogP contribution >= 0.6 is 0 Å². The van der Waals surface area contributed by atoms with Crippen molar-refractivity contribution < 1.29 is 9.18 Å². The molecule has 1 aromatic heterocycles. The van der Waals surface area contributed by atoms with Crippen molar-refractivity contribution in [2.75, 3.05) is 49.5 Å². The standard InChI is InChI=1S/C26H35FN6O/c27-23-10-4-3-9-22(23)25(34)33-16-7-8-21(19-33)32-17-12-20(18-32)29-26-28-13-11-24(30-26)31-14-5-1-2-6-15-31/h3-4,9-11,13,20-21H,1-2,5-8,12,14-19H2,(H,28,29,30). The predicted molar refractivity (Wildman–Crippen MR) is 132 cm³/mol. The number of hydrogen-bond donors (Lipinski definition) is 1. The van der Waals surface area contributed by atoms with Crippen LogP contribution in [0.3, 0.4) is 0 Å². The first-order valence-electron chi connectivity index (χ1n) is 12.8. The molecule has 3 fully saturated rings. The van der Waals surface area contributed by atoms with Gasteiger partial charge in [-0.15, -0.1) is 0 Å². The lowest BCUT2D eigenvalue weighted by Gasteiger charge is -2.37. The van der Waals surface area contributed by atoms with Gasteiger partial charge in [-0.2, -0.15) is 4.98 Å². The van der Waals surface area contributed by atoms with Gasteiger partial charge in [-0.25, -0.2) is 9.37 Å². The van der Waals surface area contributed by atoms with Crippen molar-refractivity contribution in [2.45, 2.75) is 57.0 Å². The molecule has 182 valence electrons. The Balaban J connectivity index is 1.17. The van der Waals surface area contributed by atoms with E-state index in [-0.39, 0.29) is 17.5 Å². The van der Waals surface area contributed by atoms with Crippen molar-refractivity contribution in [3.05, 3.63) is 47.9 Å². The second kappa shape index (κ2) is 10.7. The number of likely N-dealkylation sites (tertiary alicyclic amines) is 2. The number of amides is 1. The summed E-state index contributed by atoms with van der Waals surface area (Å²) in [4.78, 5) is 28.9. The number of anilines is 2. The first kappa shape index (κ1) is 23.0. The third kappa shape index (κ3) is 5.32. The van der Waals surface area contributed by atoms with Crippen LogP contribution in [-0.4, -0.2) is 77.0 Å². The second-order valence-electron chi connectivity index (χ2n) is 9.79. The molecule has 5 rings (SSSR count). The molecule has 1 amide bonds. The lowest BCUT2D eigenvalue weighted by Crippen LogP contribution is -2.49. The van der Waals surface area contributed by atoms with Crippen LogP contribution in [0.2, 0.25) is 0 Å². The molecule has 8 heteroatoms. The van der Waals surface area contributed by atoms with Crippen LogP contribution in [-0.2, 0) is 0 Å². The average Bonchev–Trinajstić information content (AvgIpc) is 3.16. The summed E-state index contributed by atoms with van der Waals surface area (Å²) in [5.41, 5.74) is 0.172. The minimum atomic E-state index is -0.442. The maximum atomic E-state index is 14.1. The fraction of sp³-hybridized carbons (Fsp3) is 0.577. The highest BCUT2D eigenvalue weighted by Gasteiger charge is 2.33. The number of hydrogen-bond acceptors (Lipinski definition) is 6. The minimum Gasteiger partial charge on any atom is -0.356 e. The van der Waals surface area contributed by atoms with E-state index in [9.17, 15) is 9.18 Å². The molecule has 1 N–H and O–H groups in total. The Labute approximate surface area is 201 Å². The number of piperidine rings is 1. The smallest absolute Gasteiger partial charge is 0.256 e. The first-order valence-corrected chi connectivity index (χ1v) is 12.8. The van der Waals surface area contributed by atoms with E-state index < -0.39 is 5.82 Å². The van der Waals surface area contributed by atoms with Crippen LogP contribution in [0, 0.1) is 5.82 Å². The zero-order chi connectivity index (χ0) is 23.3. The van der Waals surface area contributed by atoms with Gasteiger partial charge >= 0.3 is 0 Å². The van der Waals surface area contributed by atoms with Gasteiger partial charge in [-0.3, -0.25) is 9.69 Å². The molecule has 0 bridgehead atoms. The SMILES string of the molecule is O=C(c1ccccc1F)N1CCCC(N2CCC(Nc3nccc(N4CCCCCC4)n3)C2)C1. The summed E-state index contributed by atoms with van der Waals surface area (Å²) in [6, 6.07) is 8.89. The van der Waals surface area contributed by atoms with Crippen molar-refractivity contribution in [3.63, 3.8) is 0 Å². The van der Waals surface area contributed by atoms with Crippen LogP contribution in [0.5, 0.6) is 0 Å². The third-order valence-corrected chi connectivity index (χ3v) is 7.43. The van der Waals surface area contributed by atoms with Crippen LogP contribution in [0.15, 0.2) is 36.5 Å². The zero-order valence-electron chi connectivity index (χ0n) is 19.8. The molecule has 34 heavy (non-hydrogen) atoms. The second-order valence-corrected chi connectivity index (χ2v) is 9.79. The molecule has 2 atom stereocenters. The van der Waals surface area contributed by atoms with Gasteiger partial charge in [0.2, 0.25) is 5.95 Å². The summed E-state index contributed by atoms with van der Waals surface area (Å²) >= 11 is 0. The van der Waals surface area contributed by atoms with Gasteiger partial charge in [0.25, 0.3) is 5.91 Å². The fourth-order valence-electron chi connectivity index (χ4n) is 5.56. The van der Waals surface area contributed by atoms with E-state index in [0.29, 0.717) is 25.1 Å². The fourth-order valence-corrected chi connectivity index (χ4v) is 5.56. The van der Waals surface area contributed by atoms with E-state index in [1.807, 2.05) is 17.2 Å². The lowest BCUT2D eigenvalue weighted by molar-refractivity contribution is 0.0602. The number of nitrogens with zero attached hydrogens (tertiary/aromatic N) is 5. The Bertz CT molecular complexity index is 979. The Morgan fingerprint density at radius 1 is 0.941 bits per heavy atom. The monoisotopic (exact) mass is 466 g/mol. The molecule has 2 aromatic rings. The van der Waals surface area contributed by atoms with Crippen molar-refractivity contribution in [1.29, 1.82) is 0 Å². The van der Waals surface area contributed by atoms with Crippen molar-refractivity contribution in [1.82, 2.24) is 19.8 Å². The van der Waals surface area contributed by atoms with Gasteiger partial charge in [0.1, 0.15) is 11.6 Å². The summed E-state index contributed by atoms with van der Waals surface area (Å²) in [5.74, 6) is 1.08. The topological polar surface area (TPSA) is 64.6 Å². The van der Waals surface area contributed by atoms with E-state index in [0.717, 1.165) is 51.3 Å². The summed E-state index contributed by atoms with van der Waals surface area (Å²) in [7, 11) is 0. The maximum absolute atomic E-state index is 14.1. The molecule has 0 aliphatic carbocycles. The van der Waals surface area contributed by atoms with Crippen molar-refractivity contribution in [2.24, 2.45) is 0 Å². The highest BCUT2D eigenvalue weighted by molar-refractivity contribution is 5.94. The van der Waals surface area contributed by atoms with Crippen molar-refractivity contribution in [3.8, 4) is 0 Å². The molecule has 3 aliphatic heterocycles. The summed E-state index contributed by atoms with van der Waals surface area (Å²) in [5, 5.41) is 3.55. The number of nitrogens with one attached hydrogen (secondary N) is 1. The van der Waals surface area contributed by atoms with Gasteiger partial charge in [0.15, 0.2) is 0 Å². The summed E-state index contributed by atoms with van der Waals surface area (Å²) in [6.07, 6.45) is 9.94. The maximum Gasteiger partial charge on any atom is 0.256 e. The Kier molecular flexibility index (Phi) is 7.23. The number of carbonyl (C=O) groups is 1. The van der Waals surface area contributed by atoms with Crippen LogP contribution in [0.1, 0.15) is 55.3 Å². The minimum absolute atomic E-state index is 0.172. The lowest BCUT2D eigenvalue weighted by atomic mass is 10.0. The van der Waals surface area contributed by atoms with Crippen LogP contribution < -0.4 is 10.2 Å². The molecule has 4 heterocycles. The van der Waals surface area contributed by atoms with Crippen molar-refractivity contribution >= 4 is 17.7 Å². The number of aromatic nitrogens is 2. The number of carbonyl (C=O) groups excluding carboxylic acids is 1. The molecule has 3 aliphatic rings. The van der Waals surface area contributed by atoms with E-state index in [4.69, 9.17) is 4.98 Å². The third-order valence-electron chi connectivity index (χ3n) is 7.43. The summed E-state index contributed by atoms with van der Waals surface area (Å²) < 4.78 is 14.1. The normalized spacial score (nSPS) is 24.1. The summed E-state index contributed by atoms with van der Waals surface area (Å²) in [6.45, 7) is 5.37. The molecule has 0 radical (unpaired) electrons. The molecule has 7 nitrogen and oxygen atoms in total. The van der Waals surface area contributed by atoms with Gasteiger partial charge in [-0.05, 0) is 50.3 Å². The molecular formula is C26H35FN6O. The quantitative estimate of drug-likeness (QED) is 0.724. The van der Waals surface area contributed by atoms with Gasteiger partial charge in [-0.1, -0.05) is 25.0 Å². The van der Waals surface area contributed by atoms with E-state index >= 15 is 0 Å². The predicted octanol–water partition coefficient (Wildman–Crippen LogP) is 3.79. The highest BCUT2D eigenvalue weighted by atomic mass is 19.1. The van der Waals surface area contributed by atoms with Crippen LogP contribution in [0.25, 0.3) is 0 Å².